The number of anilines is 1. The second kappa shape index (κ2) is 6.34. The molecule has 2 fully saturated rings. The highest BCUT2D eigenvalue weighted by molar-refractivity contribution is 5.90. The molecule has 1 atom stereocenters. The molecule has 1 aliphatic heterocycles. The lowest BCUT2D eigenvalue weighted by Crippen LogP contribution is -2.47. The monoisotopic (exact) mass is 305 g/mol. The highest BCUT2D eigenvalue weighted by Crippen LogP contribution is 2.22. The standard InChI is InChI=1S/C16H20FN3O2/c17-12-3-5-14(6-4-12)19-16(22)20-9-1-2-11(10-20)15(21)18-13-7-8-13/h3-6,11,13H,1-2,7-10H2,(H,18,21)(H,19,22)/t11-/m1/s1. The topological polar surface area (TPSA) is 61.4 Å². The van der Waals surface area contributed by atoms with E-state index >= 15 is 0 Å². The second-order valence-electron chi connectivity index (χ2n) is 6.01. The van der Waals surface area contributed by atoms with Gasteiger partial charge in [0, 0.05) is 24.8 Å². The van der Waals surface area contributed by atoms with E-state index in [9.17, 15) is 14.0 Å². The quantitative estimate of drug-likeness (QED) is 0.900. The number of halogens is 1. The summed E-state index contributed by atoms with van der Waals surface area (Å²) < 4.78 is 12.9. The fourth-order valence-electron chi connectivity index (χ4n) is 2.66. The Morgan fingerprint density at radius 3 is 2.55 bits per heavy atom. The fourth-order valence-corrected chi connectivity index (χ4v) is 2.66. The van der Waals surface area contributed by atoms with Crippen LogP contribution >= 0.6 is 0 Å². The van der Waals surface area contributed by atoms with E-state index in [1.54, 1.807) is 4.90 Å². The van der Waals surface area contributed by atoms with Gasteiger partial charge in [-0.3, -0.25) is 4.79 Å². The predicted molar refractivity (Wildman–Crippen MR) is 80.9 cm³/mol. The summed E-state index contributed by atoms with van der Waals surface area (Å²) in [6.07, 6.45) is 3.76. The van der Waals surface area contributed by atoms with Gasteiger partial charge in [0.15, 0.2) is 0 Å². The van der Waals surface area contributed by atoms with Crippen LogP contribution in [-0.2, 0) is 4.79 Å². The van der Waals surface area contributed by atoms with E-state index in [0.29, 0.717) is 24.8 Å². The molecular weight excluding hydrogens is 285 g/mol. The third-order valence-electron chi connectivity index (χ3n) is 4.10. The SMILES string of the molecule is O=C(NC1CC1)[C@@H]1CCCN(C(=O)Nc2ccc(F)cc2)C1. The summed E-state index contributed by atoms with van der Waals surface area (Å²) in [6.45, 7) is 1.08. The summed E-state index contributed by atoms with van der Waals surface area (Å²) in [4.78, 5) is 26.0. The maximum absolute atomic E-state index is 12.9. The number of nitrogens with zero attached hydrogens (tertiary/aromatic N) is 1. The fraction of sp³-hybridized carbons (Fsp3) is 0.500. The van der Waals surface area contributed by atoms with Crippen LogP contribution in [0.5, 0.6) is 0 Å². The van der Waals surface area contributed by atoms with Crippen LogP contribution in [0.15, 0.2) is 24.3 Å². The molecule has 1 saturated heterocycles. The van der Waals surface area contributed by atoms with Crippen molar-refractivity contribution in [3.8, 4) is 0 Å². The van der Waals surface area contributed by atoms with Gasteiger partial charge >= 0.3 is 6.03 Å². The number of carbonyl (C=O) groups excluding carboxylic acids is 2. The zero-order chi connectivity index (χ0) is 15.5. The first-order valence-electron chi connectivity index (χ1n) is 7.74. The Bertz CT molecular complexity index is 557. The van der Waals surface area contributed by atoms with Gasteiger partial charge in [0.1, 0.15) is 5.82 Å². The van der Waals surface area contributed by atoms with Crippen LogP contribution in [0.2, 0.25) is 0 Å². The maximum atomic E-state index is 12.9. The minimum absolute atomic E-state index is 0.0572. The van der Waals surface area contributed by atoms with Crippen LogP contribution in [-0.4, -0.2) is 36.0 Å². The van der Waals surface area contributed by atoms with Crippen molar-refractivity contribution in [1.82, 2.24) is 10.2 Å². The van der Waals surface area contributed by atoms with Crippen LogP contribution in [0, 0.1) is 11.7 Å². The van der Waals surface area contributed by atoms with Crippen molar-refractivity contribution in [3.63, 3.8) is 0 Å². The Hall–Kier alpha value is -2.11. The number of rotatable bonds is 3. The van der Waals surface area contributed by atoms with E-state index < -0.39 is 0 Å². The molecule has 1 aromatic rings. The van der Waals surface area contributed by atoms with Crippen LogP contribution in [0.25, 0.3) is 0 Å². The van der Waals surface area contributed by atoms with Crippen molar-refractivity contribution in [2.75, 3.05) is 18.4 Å². The summed E-state index contributed by atoms with van der Waals surface area (Å²) in [5.74, 6) is -0.414. The van der Waals surface area contributed by atoms with Crippen LogP contribution < -0.4 is 10.6 Å². The van der Waals surface area contributed by atoms with Gasteiger partial charge in [-0.05, 0) is 49.9 Å². The predicted octanol–water partition coefficient (Wildman–Crippen LogP) is 2.35. The maximum Gasteiger partial charge on any atom is 0.321 e. The molecule has 0 bridgehead atoms. The second-order valence-corrected chi connectivity index (χ2v) is 6.01. The normalized spacial score (nSPS) is 21.3. The molecule has 2 N–H and O–H groups in total. The lowest BCUT2D eigenvalue weighted by Gasteiger charge is -2.32. The van der Waals surface area contributed by atoms with Crippen molar-refractivity contribution in [1.29, 1.82) is 0 Å². The van der Waals surface area contributed by atoms with E-state index in [2.05, 4.69) is 10.6 Å². The number of hydrogen-bond donors (Lipinski definition) is 2. The van der Waals surface area contributed by atoms with Gasteiger partial charge in [0.25, 0.3) is 0 Å². The summed E-state index contributed by atoms with van der Waals surface area (Å²) in [7, 11) is 0. The lowest BCUT2D eigenvalue weighted by molar-refractivity contribution is -0.126. The molecule has 1 heterocycles. The van der Waals surface area contributed by atoms with Gasteiger partial charge in [-0.15, -0.1) is 0 Å². The van der Waals surface area contributed by atoms with E-state index in [4.69, 9.17) is 0 Å². The molecule has 0 spiro atoms. The van der Waals surface area contributed by atoms with Gasteiger partial charge in [0.2, 0.25) is 5.91 Å². The molecule has 1 aliphatic carbocycles. The molecular formula is C16H20FN3O2. The zero-order valence-electron chi connectivity index (χ0n) is 12.3. The number of carbonyl (C=O) groups is 2. The summed E-state index contributed by atoms with van der Waals surface area (Å²) in [5, 5.41) is 5.74. The number of hydrogen-bond acceptors (Lipinski definition) is 2. The molecule has 6 heteroatoms. The zero-order valence-corrected chi connectivity index (χ0v) is 12.3. The van der Waals surface area contributed by atoms with E-state index in [-0.39, 0.29) is 23.7 Å². The van der Waals surface area contributed by atoms with Crippen LogP contribution in [0.4, 0.5) is 14.9 Å². The summed E-state index contributed by atoms with van der Waals surface area (Å²) >= 11 is 0. The first kappa shape index (κ1) is 14.8. The van der Waals surface area contributed by atoms with Crippen LogP contribution in [0.1, 0.15) is 25.7 Å². The molecule has 0 radical (unpaired) electrons. The number of benzene rings is 1. The molecule has 0 unspecified atom stereocenters. The largest absolute Gasteiger partial charge is 0.353 e. The summed E-state index contributed by atoms with van der Waals surface area (Å²) in [6, 6.07) is 5.75. The number of likely N-dealkylation sites (tertiary alicyclic amines) is 1. The molecule has 0 aromatic heterocycles. The Morgan fingerprint density at radius 2 is 1.86 bits per heavy atom. The van der Waals surface area contributed by atoms with Crippen molar-refractivity contribution < 1.29 is 14.0 Å². The minimum Gasteiger partial charge on any atom is -0.353 e. The average molecular weight is 305 g/mol. The Kier molecular flexibility index (Phi) is 4.27. The number of piperidine rings is 1. The Labute approximate surface area is 128 Å². The minimum atomic E-state index is -0.340. The van der Waals surface area contributed by atoms with Gasteiger partial charge in [-0.25, -0.2) is 9.18 Å². The van der Waals surface area contributed by atoms with Gasteiger partial charge in [-0.2, -0.15) is 0 Å². The van der Waals surface area contributed by atoms with Gasteiger partial charge in [0.05, 0.1) is 5.92 Å². The van der Waals surface area contributed by atoms with Crippen molar-refractivity contribution >= 4 is 17.6 Å². The third-order valence-corrected chi connectivity index (χ3v) is 4.10. The molecule has 1 saturated carbocycles. The van der Waals surface area contributed by atoms with Gasteiger partial charge in [-0.1, -0.05) is 0 Å². The Morgan fingerprint density at radius 1 is 1.14 bits per heavy atom. The summed E-state index contributed by atoms with van der Waals surface area (Å²) in [5.41, 5.74) is 0.552. The molecule has 2 aliphatic rings. The molecule has 3 rings (SSSR count). The highest BCUT2D eigenvalue weighted by atomic mass is 19.1. The van der Waals surface area contributed by atoms with Gasteiger partial charge < -0.3 is 15.5 Å². The average Bonchev–Trinajstić information content (AvgIpc) is 3.33. The lowest BCUT2D eigenvalue weighted by atomic mass is 9.97. The van der Waals surface area contributed by atoms with Crippen LogP contribution in [0.3, 0.4) is 0 Å². The van der Waals surface area contributed by atoms with Crippen molar-refractivity contribution in [3.05, 3.63) is 30.1 Å². The molecule has 22 heavy (non-hydrogen) atoms. The molecule has 3 amide bonds. The number of amides is 3. The highest BCUT2D eigenvalue weighted by Gasteiger charge is 2.31. The first-order valence-corrected chi connectivity index (χ1v) is 7.74. The number of urea groups is 1. The Balaban J connectivity index is 1.55. The third kappa shape index (κ3) is 3.75. The van der Waals surface area contributed by atoms with E-state index in [1.807, 2.05) is 0 Å². The number of nitrogens with one attached hydrogen (secondary N) is 2. The molecule has 118 valence electrons. The van der Waals surface area contributed by atoms with Crippen molar-refractivity contribution in [2.45, 2.75) is 31.7 Å². The van der Waals surface area contributed by atoms with E-state index in [0.717, 1.165) is 25.7 Å². The smallest absolute Gasteiger partial charge is 0.321 e. The van der Waals surface area contributed by atoms with E-state index in [1.165, 1.54) is 24.3 Å². The first-order chi connectivity index (χ1) is 10.6. The molecule has 1 aromatic carbocycles. The molecule has 5 nitrogen and oxygen atoms in total. The van der Waals surface area contributed by atoms with Crippen molar-refractivity contribution in [2.24, 2.45) is 5.92 Å².